The average Bonchev–Trinajstić information content (AvgIpc) is 3.39. The number of aliphatic hydroxyl groups excluding tert-OH is 1. The van der Waals surface area contributed by atoms with Crippen LogP contribution in [0.4, 0.5) is 0 Å². The topological polar surface area (TPSA) is 89.2 Å². The molecule has 0 spiro atoms. The Hall–Kier alpha value is -3.84. The number of nitrogens with zero attached hydrogens (tertiary/aromatic N) is 1. The van der Waals surface area contributed by atoms with E-state index in [1.165, 1.54) is 4.90 Å². The molecule has 1 N–H and O–H groups in total. The molecule has 1 atom stereocenters. The van der Waals surface area contributed by atoms with E-state index in [0.29, 0.717) is 49.0 Å². The Morgan fingerprint density at radius 3 is 2.49 bits per heavy atom. The normalized spacial score (nSPS) is 17.2. The third kappa shape index (κ3) is 5.30. The first-order valence-corrected chi connectivity index (χ1v) is 11.5. The maximum absolute atomic E-state index is 13.0. The Morgan fingerprint density at radius 2 is 1.83 bits per heavy atom. The van der Waals surface area contributed by atoms with Crippen LogP contribution in [-0.2, 0) is 20.9 Å². The maximum Gasteiger partial charge on any atom is 0.295 e. The minimum Gasteiger partial charge on any atom is -0.507 e. The zero-order valence-electron chi connectivity index (χ0n) is 20.1. The van der Waals surface area contributed by atoms with Crippen LogP contribution in [0.15, 0.2) is 70.7 Å². The highest BCUT2D eigenvalue weighted by molar-refractivity contribution is 6.46. The van der Waals surface area contributed by atoms with Gasteiger partial charge in [-0.3, -0.25) is 9.59 Å². The molecule has 2 heterocycles. The van der Waals surface area contributed by atoms with Crippen molar-refractivity contribution in [3.8, 4) is 5.75 Å². The van der Waals surface area contributed by atoms with E-state index in [0.717, 1.165) is 11.1 Å². The molecule has 1 aliphatic rings. The number of carbonyl (C=O) groups is 2. The highest BCUT2D eigenvalue weighted by Crippen LogP contribution is 2.40. The van der Waals surface area contributed by atoms with E-state index in [1.807, 2.05) is 25.1 Å². The molecular weight excluding hydrogens is 446 g/mol. The summed E-state index contributed by atoms with van der Waals surface area (Å²) < 4.78 is 16.7. The number of rotatable bonds is 9. The summed E-state index contributed by atoms with van der Waals surface area (Å²) in [5.41, 5.74) is 2.64. The number of ether oxygens (including phenoxy) is 2. The van der Waals surface area contributed by atoms with Crippen molar-refractivity contribution in [1.29, 1.82) is 0 Å². The van der Waals surface area contributed by atoms with Gasteiger partial charge in [-0.25, -0.2) is 0 Å². The van der Waals surface area contributed by atoms with Crippen molar-refractivity contribution >= 4 is 17.4 Å². The predicted octanol–water partition coefficient (Wildman–Crippen LogP) is 4.93. The molecular formula is C28H29NO6. The molecule has 0 aliphatic carbocycles. The smallest absolute Gasteiger partial charge is 0.295 e. The molecule has 2 aromatic carbocycles. The molecule has 1 amide bonds. The number of Topliss-reactive ketones (excluding diaryl/α,β-unsaturated/α-hetero) is 1. The lowest BCUT2D eigenvalue weighted by Gasteiger charge is -2.23. The fourth-order valence-corrected chi connectivity index (χ4v) is 4.22. The molecule has 0 saturated carbocycles. The molecule has 1 fully saturated rings. The maximum atomic E-state index is 13.0. The highest BCUT2D eigenvalue weighted by atomic mass is 16.5. The number of ketones is 1. The summed E-state index contributed by atoms with van der Waals surface area (Å²) in [5, 5.41) is 11.1. The van der Waals surface area contributed by atoms with Gasteiger partial charge >= 0.3 is 0 Å². The number of aliphatic hydroxyl groups is 1. The van der Waals surface area contributed by atoms with E-state index < -0.39 is 17.7 Å². The fraction of sp³-hybridized carbons (Fsp3) is 0.286. The van der Waals surface area contributed by atoms with Crippen molar-refractivity contribution in [3.05, 3.63) is 94.4 Å². The van der Waals surface area contributed by atoms with Gasteiger partial charge in [-0.15, -0.1) is 0 Å². The average molecular weight is 476 g/mol. The van der Waals surface area contributed by atoms with E-state index in [9.17, 15) is 14.7 Å². The number of hydrogen-bond donors (Lipinski definition) is 1. The van der Waals surface area contributed by atoms with Crippen LogP contribution in [0, 0.1) is 13.8 Å². The summed E-state index contributed by atoms with van der Waals surface area (Å²) in [6, 6.07) is 17.5. The standard InChI is InChI=1S/C28H29NO6/c1-18-6-4-7-20(16-18)17-34-22-11-9-21(10-12-22)26(30)24-25(23-13-8-19(2)35-23)29(14-5-15-33-3)28(32)27(24)31/h4,6-13,16,25,30H,5,14-15,17H2,1-3H3/b26-24+. The van der Waals surface area contributed by atoms with Crippen LogP contribution in [-0.4, -0.2) is 42.0 Å². The summed E-state index contributed by atoms with van der Waals surface area (Å²) in [6.45, 7) is 4.97. The fourth-order valence-electron chi connectivity index (χ4n) is 4.22. The second-order valence-electron chi connectivity index (χ2n) is 8.59. The molecule has 1 aliphatic heterocycles. The van der Waals surface area contributed by atoms with Crippen molar-refractivity contribution < 1.29 is 28.6 Å². The van der Waals surface area contributed by atoms with Crippen LogP contribution in [0.2, 0.25) is 0 Å². The number of carbonyl (C=O) groups excluding carboxylic acids is 2. The first-order chi connectivity index (χ1) is 16.9. The Balaban J connectivity index is 1.61. The number of likely N-dealkylation sites (tertiary alicyclic amines) is 1. The van der Waals surface area contributed by atoms with Crippen molar-refractivity contribution in [1.82, 2.24) is 4.90 Å². The molecule has 7 nitrogen and oxygen atoms in total. The second kappa shape index (κ2) is 10.6. The first kappa shape index (κ1) is 24.3. The van der Waals surface area contributed by atoms with Crippen molar-refractivity contribution in [2.45, 2.75) is 32.9 Å². The van der Waals surface area contributed by atoms with Gasteiger partial charge in [-0.2, -0.15) is 0 Å². The second-order valence-corrected chi connectivity index (χ2v) is 8.59. The lowest BCUT2D eigenvalue weighted by Crippen LogP contribution is -2.31. The van der Waals surface area contributed by atoms with Gasteiger partial charge in [0.2, 0.25) is 0 Å². The van der Waals surface area contributed by atoms with Gasteiger partial charge in [0.05, 0.1) is 5.57 Å². The zero-order valence-corrected chi connectivity index (χ0v) is 20.1. The van der Waals surface area contributed by atoms with Crippen LogP contribution in [0.5, 0.6) is 5.75 Å². The molecule has 3 aromatic rings. The molecule has 182 valence electrons. The summed E-state index contributed by atoms with van der Waals surface area (Å²) in [6.07, 6.45) is 0.548. The predicted molar refractivity (Wildman–Crippen MR) is 131 cm³/mol. The minimum atomic E-state index is -0.808. The largest absolute Gasteiger partial charge is 0.507 e. The number of hydrogen-bond acceptors (Lipinski definition) is 6. The summed E-state index contributed by atoms with van der Waals surface area (Å²) >= 11 is 0. The summed E-state index contributed by atoms with van der Waals surface area (Å²) in [5.74, 6) is 0.0538. The monoisotopic (exact) mass is 475 g/mol. The molecule has 0 radical (unpaired) electrons. The van der Waals surface area contributed by atoms with Gasteiger partial charge in [-0.05, 0) is 62.2 Å². The van der Waals surface area contributed by atoms with E-state index in [-0.39, 0.29) is 11.3 Å². The van der Waals surface area contributed by atoms with Crippen LogP contribution in [0.1, 0.15) is 40.7 Å². The molecule has 1 aromatic heterocycles. The Morgan fingerprint density at radius 1 is 1.06 bits per heavy atom. The van der Waals surface area contributed by atoms with Gasteiger partial charge in [0.1, 0.15) is 35.7 Å². The Bertz CT molecular complexity index is 1240. The number of benzene rings is 2. The summed E-state index contributed by atoms with van der Waals surface area (Å²) in [4.78, 5) is 27.3. The zero-order chi connectivity index (χ0) is 24.9. The third-order valence-corrected chi connectivity index (χ3v) is 5.93. The number of methoxy groups -OCH3 is 1. The molecule has 7 heteroatoms. The number of furan rings is 1. The van der Waals surface area contributed by atoms with Crippen molar-refractivity contribution in [2.24, 2.45) is 0 Å². The number of aryl methyl sites for hydroxylation is 2. The van der Waals surface area contributed by atoms with E-state index in [4.69, 9.17) is 13.9 Å². The lowest BCUT2D eigenvalue weighted by atomic mass is 9.99. The quantitative estimate of drug-likeness (QED) is 0.204. The third-order valence-electron chi connectivity index (χ3n) is 5.93. The molecule has 0 bridgehead atoms. The highest BCUT2D eigenvalue weighted by Gasteiger charge is 2.47. The van der Waals surface area contributed by atoms with Crippen LogP contribution < -0.4 is 4.74 Å². The first-order valence-electron chi connectivity index (χ1n) is 11.5. The van der Waals surface area contributed by atoms with Crippen LogP contribution in [0.3, 0.4) is 0 Å². The van der Waals surface area contributed by atoms with E-state index in [1.54, 1.807) is 50.4 Å². The van der Waals surface area contributed by atoms with Crippen molar-refractivity contribution in [2.75, 3.05) is 20.3 Å². The number of amides is 1. The molecule has 4 rings (SSSR count). The SMILES string of the molecule is COCCCN1C(=O)C(=O)/C(=C(/O)c2ccc(OCc3cccc(C)c3)cc2)C1c1ccc(C)o1. The Labute approximate surface area is 204 Å². The minimum absolute atomic E-state index is 0.00944. The van der Waals surface area contributed by atoms with E-state index >= 15 is 0 Å². The summed E-state index contributed by atoms with van der Waals surface area (Å²) in [7, 11) is 1.58. The van der Waals surface area contributed by atoms with Gasteiger partial charge in [0, 0.05) is 25.8 Å². The van der Waals surface area contributed by atoms with Gasteiger partial charge in [-0.1, -0.05) is 29.8 Å². The van der Waals surface area contributed by atoms with Gasteiger partial charge in [0.15, 0.2) is 0 Å². The van der Waals surface area contributed by atoms with Crippen molar-refractivity contribution in [3.63, 3.8) is 0 Å². The van der Waals surface area contributed by atoms with Crippen LogP contribution in [0.25, 0.3) is 5.76 Å². The van der Waals surface area contributed by atoms with Gasteiger partial charge in [0.25, 0.3) is 11.7 Å². The molecule has 1 unspecified atom stereocenters. The van der Waals surface area contributed by atoms with Crippen LogP contribution >= 0.6 is 0 Å². The van der Waals surface area contributed by atoms with Gasteiger partial charge < -0.3 is 23.9 Å². The Kier molecular flexibility index (Phi) is 7.36. The molecule has 1 saturated heterocycles. The van der Waals surface area contributed by atoms with E-state index in [2.05, 4.69) is 6.07 Å². The molecule has 35 heavy (non-hydrogen) atoms. The lowest BCUT2D eigenvalue weighted by molar-refractivity contribution is -0.140.